The summed E-state index contributed by atoms with van der Waals surface area (Å²) in [5.41, 5.74) is 0.506. The molecule has 0 atom stereocenters. The van der Waals surface area contributed by atoms with Crippen molar-refractivity contribution in [3.8, 4) is 0 Å². The van der Waals surface area contributed by atoms with E-state index < -0.39 is 10.0 Å². The largest absolute Gasteiger partial charge is 0.355 e. The second kappa shape index (κ2) is 6.17. The maximum Gasteiger partial charge on any atom is 0.240 e. The van der Waals surface area contributed by atoms with E-state index in [2.05, 4.69) is 10.0 Å². The van der Waals surface area contributed by atoms with Crippen molar-refractivity contribution in [1.82, 2.24) is 10.0 Å². The summed E-state index contributed by atoms with van der Waals surface area (Å²) in [6, 6.07) is 4.70. The van der Waals surface area contributed by atoms with Crippen LogP contribution in [-0.4, -0.2) is 27.4 Å². The summed E-state index contributed by atoms with van der Waals surface area (Å²) < 4.78 is 26.3. The third kappa shape index (κ3) is 3.97. The number of halogens is 1. The Labute approximate surface area is 112 Å². The normalized spacial score (nSPS) is 11.3. The van der Waals surface area contributed by atoms with Gasteiger partial charge < -0.3 is 5.32 Å². The summed E-state index contributed by atoms with van der Waals surface area (Å²) >= 11 is 5.87. The van der Waals surface area contributed by atoms with Crippen LogP contribution in [-0.2, 0) is 14.8 Å². The monoisotopic (exact) mass is 290 g/mol. The van der Waals surface area contributed by atoms with Gasteiger partial charge in [-0.2, -0.15) is 0 Å². The van der Waals surface area contributed by atoms with Gasteiger partial charge in [-0.1, -0.05) is 17.7 Å². The lowest BCUT2D eigenvalue weighted by Gasteiger charge is -2.10. The highest BCUT2D eigenvalue weighted by molar-refractivity contribution is 7.89. The molecule has 100 valence electrons. The first-order valence-corrected chi connectivity index (χ1v) is 7.20. The van der Waals surface area contributed by atoms with Crippen molar-refractivity contribution in [3.05, 3.63) is 28.8 Å². The first-order chi connectivity index (χ1) is 8.34. The Morgan fingerprint density at radius 2 is 2.00 bits per heavy atom. The molecule has 1 amide bonds. The average Bonchev–Trinajstić information content (AvgIpc) is 2.28. The topological polar surface area (TPSA) is 75.3 Å². The minimum atomic E-state index is -3.60. The van der Waals surface area contributed by atoms with E-state index in [1.54, 1.807) is 19.1 Å². The van der Waals surface area contributed by atoms with E-state index in [-0.39, 0.29) is 23.9 Å². The van der Waals surface area contributed by atoms with Gasteiger partial charge >= 0.3 is 0 Å². The van der Waals surface area contributed by atoms with E-state index in [0.29, 0.717) is 10.6 Å². The number of rotatable bonds is 5. The number of amides is 1. The lowest BCUT2D eigenvalue weighted by molar-refractivity contribution is -0.118. The third-order valence-corrected chi connectivity index (χ3v) is 4.31. The molecule has 7 heteroatoms. The predicted molar refractivity (Wildman–Crippen MR) is 70.1 cm³/mol. The zero-order chi connectivity index (χ0) is 13.8. The SMILES string of the molecule is CC(=O)NCCNS(=O)(=O)c1cccc(Cl)c1C. The molecule has 1 aromatic rings. The maximum atomic E-state index is 12.0. The van der Waals surface area contributed by atoms with Gasteiger partial charge in [-0.05, 0) is 24.6 Å². The van der Waals surface area contributed by atoms with E-state index in [9.17, 15) is 13.2 Å². The van der Waals surface area contributed by atoms with Gasteiger partial charge in [0.15, 0.2) is 0 Å². The molecule has 0 bridgehead atoms. The van der Waals surface area contributed by atoms with Crippen LogP contribution in [0.25, 0.3) is 0 Å². The van der Waals surface area contributed by atoms with Gasteiger partial charge in [0.25, 0.3) is 0 Å². The Balaban J connectivity index is 2.75. The van der Waals surface area contributed by atoms with Crippen LogP contribution in [0.15, 0.2) is 23.1 Å². The highest BCUT2D eigenvalue weighted by atomic mass is 35.5. The lowest BCUT2D eigenvalue weighted by atomic mass is 10.2. The quantitative estimate of drug-likeness (QED) is 0.796. The fraction of sp³-hybridized carbons (Fsp3) is 0.364. The molecule has 0 aliphatic rings. The number of benzene rings is 1. The molecule has 0 saturated heterocycles. The molecule has 1 aromatic carbocycles. The molecule has 0 aliphatic heterocycles. The molecule has 5 nitrogen and oxygen atoms in total. The highest BCUT2D eigenvalue weighted by Gasteiger charge is 2.17. The van der Waals surface area contributed by atoms with Crippen molar-refractivity contribution in [2.45, 2.75) is 18.7 Å². The van der Waals surface area contributed by atoms with Crippen LogP contribution < -0.4 is 10.0 Å². The molecule has 0 fully saturated rings. The third-order valence-electron chi connectivity index (χ3n) is 2.30. The first kappa shape index (κ1) is 14.9. The number of nitrogens with one attached hydrogen (secondary N) is 2. The molecular formula is C11H15ClN2O3S. The summed E-state index contributed by atoms with van der Waals surface area (Å²) in [7, 11) is -3.60. The van der Waals surface area contributed by atoms with Crippen LogP contribution in [0.1, 0.15) is 12.5 Å². The van der Waals surface area contributed by atoms with Crippen LogP contribution >= 0.6 is 11.6 Å². The van der Waals surface area contributed by atoms with Gasteiger partial charge in [0.05, 0.1) is 4.90 Å². The standard InChI is InChI=1S/C11H15ClN2O3S/c1-8-10(12)4-3-5-11(8)18(16,17)14-7-6-13-9(2)15/h3-5,14H,6-7H2,1-2H3,(H,13,15). The fourth-order valence-corrected chi connectivity index (χ4v) is 2.91. The molecule has 0 unspecified atom stereocenters. The Bertz CT molecular complexity index is 543. The van der Waals surface area contributed by atoms with Crippen LogP contribution in [0.2, 0.25) is 5.02 Å². The van der Waals surface area contributed by atoms with Gasteiger partial charge in [0, 0.05) is 25.0 Å². The average molecular weight is 291 g/mol. The summed E-state index contributed by atoms with van der Waals surface area (Å²) in [6.07, 6.45) is 0. The van der Waals surface area contributed by atoms with Crippen LogP contribution in [0.5, 0.6) is 0 Å². The molecule has 0 radical (unpaired) electrons. The molecule has 0 heterocycles. The summed E-state index contributed by atoms with van der Waals surface area (Å²) in [6.45, 7) is 3.39. The van der Waals surface area contributed by atoms with E-state index >= 15 is 0 Å². The minimum absolute atomic E-state index is 0.133. The van der Waals surface area contributed by atoms with Crippen LogP contribution in [0.3, 0.4) is 0 Å². The first-order valence-electron chi connectivity index (χ1n) is 5.34. The zero-order valence-electron chi connectivity index (χ0n) is 10.2. The fourth-order valence-electron chi connectivity index (χ4n) is 1.38. The van der Waals surface area contributed by atoms with E-state index in [0.717, 1.165) is 0 Å². The molecule has 2 N–H and O–H groups in total. The Morgan fingerprint density at radius 1 is 1.33 bits per heavy atom. The molecule has 18 heavy (non-hydrogen) atoms. The molecule has 0 spiro atoms. The van der Waals surface area contributed by atoms with Crippen molar-refractivity contribution in [3.63, 3.8) is 0 Å². The van der Waals surface area contributed by atoms with Gasteiger partial charge in [-0.3, -0.25) is 4.79 Å². The number of hydrogen-bond acceptors (Lipinski definition) is 3. The maximum absolute atomic E-state index is 12.0. The van der Waals surface area contributed by atoms with E-state index in [1.807, 2.05) is 0 Å². The Kier molecular flexibility index (Phi) is 5.13. The summed E-state index contributed by atoms with van der Waals surface area (Å²) in [5.74, 6) is -0.201. The Hall–Kier alpha value is -1.11. The van der Waals surface area contributed by atoms with Crippen molar-refractivity contribution in [2.75, 3.05) is 13.1 Å². The van der Waals surface area contributed by atoms with Crippen molar-refractivity contribution in [2.24, 2.45) is 0 Å². The van der Waals surface area contributed by atoms with Crippen molar-refractivity contribution >= 4 is 27.5 Å². The van der Waals surface area contributed by atoms with Gasteiger partial charge in [-0.25, -0.2) is 13.1 Å². The number of sulfonamides is 1. The number of carbonyl (C=O) groups is 1. The van der Waals surface area contributed by atoms with Crippen LogP contribution in [0, 0.1) is 6.92 Å². The number of carbonyl (C=O) groups excluding carboxylic acids is 1. The van der Waals surface area contributed by atoms with Crippen molar-refractivity contribution in [1.29, 1.82) is 0 Å². The second-order valence-corrected chi connectivity index (χ2v) is 5.89. The smallest absolute Gasteiger partial charge is 0.240 e. The molecule has 0 aromatic heterocycles. The lowest BCUT2D eigenvalue weighted by Crippen LogP contribution is -2.33. The van der Waals surface area contributed by atoms with E-state index in [1.165, 1.54) is 13.0 Å². The highest BCUT2D eigenvalue weighted by Crippen LogP contribution is 2.22. The molecule has 1 rings (SSSR count). The summed E-state index contributed by atoms with van der Waals surface area (Å²) in [5, 5.41) is 2.91. The van der Waals surface area contributed by atoms with E-state index in [4.69, 9.17) is 11.6 Å². The molecule has 0 aliphatic carbocycles. The molecule has 0 saturated carbocycles. The molecular weight excluding hydrogens is 276 g/mol. The van der Waals surface area contributed by atoms with Gasteiger partial charge in [0.2, 0.25) is 15.9 Å². The second-order valence-electron chi connectivity index (χ2n) is 3.74. The predicted octanol–water partition coefficient (Wildman–Crippen LogP) is 1.06. The number of hydrogen-bond donors (Lipinski definition) is 2. The van der Waals surface area contributed by atoms with Gasteiger partial charge in [-0.15, -0.1) is 0 Å². The van der Waals surface area contributed by atoms with Crippen LogP contribution in [0.4, 0.5) is 0 Å². The minimum Gasteiger partial charge on any atom is -0.355 e. The Morgan fingerprint density at radius 3 is 2.61 bits per heavy atom. The summed E-state index contributed by atoms with van der Waals surface area (Å²) in [4.78, 5) is 10.8. The zero-order valence-corrected chi connectivity index (χ0v) is 11.7. The van der Waals surface area contributed by atoms with Gasteiger partial charge in [0.1, 0.15) is 0 Å². The van der Waals surface area contributed by atoms with Crippen molar-refractivity contribution < 1.29 is 13.2 Å².